The largest absolute Gasteiger partial charge is 0.504 e. The van der Waals surface area contributed by atoms with Gasteiger partial charge in [0.05, 0.1) is 30.3 Å². The highest BCUT2D eigenvalue weighted by Crippen LogP contribution is 2.38. The minimum Gasteiger partial charge on any atom is -0.504 e. The topological polar surface area (TPSA) is 164 Å². The van der Waals surface area contributed by atoms with Crippen LogP contribution < -0.4 is 15.2 Å². The van der Waals surface area contributed by atoms with Crippen molar-refractivity contribution in [3.8, 4) is 28.9 Å². The number of phenols is 1. The van der Waals surface area contributed by atoms with Crippen molar-refractivity contribution in [1.82, 2.24) is 9.88 Å². The number of rotatable bonds is 9. The summed E-state index contributed by atoms with van der Waals surface area (Å²) < 4.78 is 47.6. The number of para-hydroxylation sites is 1. The number of amidine groups is 2. The minimum absolute atomic E-state index is 0.0844. The lowest BCUT2D eigenvalue weighted by Gasteiger charge is -2.30. The smallest absolute Gasteiger partial charge is 0.309 e. The summed E-state index contributed by atoms with van der Waals surface area (Å²) in [5.41, 5.74) is 6.11. The average molecular weight is 582 g/mol. The molecule has 42 heavy (non-hydrogen) atoms. The molecule has 2 heterocycles. The maximum absolute atomic E-state index is 15.5. The molecule has 1 fully saturated rings. The Hall–Kier alpha value is -4.78. The lowest BCUT2D eigenvalue weighted by Crippen LogP contribution is -2.37. The zero-order valence-corrected chi connectivity index (χ0v) is 22.6. The molecule has 0 amide bonds. The second-order valence-electron chi connectivity index (χ2n) is 10.0. The van der Waals surface area contributed by atoms with Gasteiger partial charge in [0.2, 0.25) is 11.6 Å². The first-order valence-corrected chi connectivity index (χ1v) is 13.3. The Bertz CT molecular complexity index is 1550. The van der Waals surface area contributed by atoms with Gasteiger partial charge in [-0.3, -0.25) is 10.2 Å². The highest BCUT2D eigenvalue weighted by atomic mass is 19.1. The Morgan fingerprint density at radius 1 is 1.12 bits per heavy atom. The van der Waals surface area contributed by atoms with Gasteiger partial charge in [0.15, 0.2) is 23.5 Å². The van der Waals surface area contributed by atoms with Crippen LogP contribution in [0.3, 0.4) is 0 Å². The number of aromatic nitrogens is 1. The van der Waals surface area contributed by atoms with Gasteiger partial charge in [0.1, 0.15) is 17.4 Å². The Balaban J connectivity index is 1.41. The third kappa shape index (κ3) is 5.96. The van der Waals surface area contributed by atoms with Crippen molar-refractivity contribution >= 4 is 17.6 Å². The van der Waals surface area contributed by atoms with E-state index in [0.717, 1.165) is 12.8 Å². The maximum Gasteiger partial charge on any atom is 0.309 e. The van der Waals surface area contributed by atoms with E-state index in [4.69, 9.17) is 25.4 Å². The number of carboxylic acid groups (broad SMARTS) is 1. The predicted octanol–water partition coefficient (Wildman–Crippen LogP) is 4.61. The number of phenolic OH excluding ortho intramolecular Hbond substituents is 1. The number of aliphatic carboxylic acids is 1. The van der Waals surface area contributed by atoms with E-state index in [0.29, 0.717) is 37.0 Å². The molecule has 0 spiro atoms. The molecule has 11 nitrogen and oxygen atoms in total. The number of hydrogen-bond donors (Lipinski definition) is 4. The number of halogens is 2. The molecule has 3 atom stereocenters. The van der Waals surface area contributed by atoms with Gasteiger partial charge in [0, 0.05) is 12.6 Å². The molecule has 0 radical (unpaired) electrons. The number of nitrogens with two attached hydrogens (primary N) is 1. The lowest BCUT2D eigenvalue weighted by molar-refractivity contribution is -0.152. The molecule has 2 aromatic carbocycles. The van der Waals surface area contributed by atoms with E-state index in [1.165, 1.54) is 24.3 Å². The molecule has 1 aliphatic carbocycles. The molecule has 1 aromatic heterocycles. The van der Waals surface area contributed by atoms with Gasteiger partial charge in [-0.05, 0) is 43.2 Å². The van der Waals surface area contributed by atoms with E-state index in [-0.39, 0.29) is 28.6 Å². The lowest BCUT2D eigenvalue weighted by atomic mass is 9.86. The zero-order valence-electron chi connectivity index (χ0n) is 22.6. The van der Waals surface area contributed by atoms with Crippen molar-refractivity contribution in [2.45, 2.75) is 38.0 Å². The van der Waals surface area contributed by atoms with Gasteiger partial charge in [-0.2, -0.15) is 4.39 Å². The summed E-state index contributed by atoms with van der Waals surface area (Å²) in [4.78, 5) is 21.8. The highest BCUT2D eigenvalue weighted by molar-refractivity contribution is 6.02. The number of hydrogen-bond acceptors (Lipinski definition) is 9. The number of ether oxygens (including phenoxy) is 3. The number of carboxylic acids is 1. The fourth-order valence-electron chi connectivity index (χ4n) is 5.00. The normalized spacial score (nSPS) is 20.2. The van der Waals surface area contributed by atoms with Crippen molar-refractivity contribution in [1.29, 1.82) is 5.41 Å². The summed E-state index contributed by atoms with van der Waals surface area (Å²) in [6.07, 6.45) is 2.51. The van der Waals surface area contributed by atoms with Gasteiger partial charge in [0.25, 0.3) is 5.88 Å². The summed E-state index contributed by atoms with van der Waals surface area (Å²) in [6, 6.07) is 10.3. The molecule has 2 aliphatic rings. The van der Waals surface area contributed by atoms with Gasteiger partial charge in [-0.25, -0.2) is 14.4 Å². The first-order valence-electron chi connectivity index (χ1n) is 13.3. The fourth-order valence-corrected chi connectivity index (χ4v) is 5.00. The van der Waals surface area contributed by atoms with Gasteiger partial charge < -0.3 is 35.1 Å². The summed E-state index contributed by atoms with van der Waals surface area (Å²) in [7, 11) is 1.77. The molecule has 13 heteroatoms. The van der Waals surface area contributed by atoms with E-state index in [9.17, 15) is 19.4 Å². The Morgan fingerprint density at radius 3 is 2.64 bits per heavy atom. The molecular weight excluding hydrogens is 552 g/mol. The Kier molecular flexibility index (Phi) is 8.20. The van der Waals surface area contributed by atoms with Crippen molar-refractivity contribution < 1.29 is 38.0 Å². The molecule has 1 aliphatic heterocycles. The van der Waals surface area contributed by atoms with E-state index in [2.05, 4.69) is 9.98 Å². The van der Waals surface area contributed by atoms with Gasteiger partial charge in [-0.1, -0.05) is 25.0 Å². The van der Waals surface area contributed by atoms with Crippen LogP contribution in [-0.2, 0) is 9.53 Å². The SMILES string of the molecule is CN1CC(OC2CCCCC2C(=O)O)N=C1c1ccccc1Oc1c(F)cnc(Oc2cc(C(=N)N)ccc2O)c1F. The number of benzene rings is 2. The molecule has 1 saturated carbocycles. The summed E-state index contributed by atoms with van der Waals surface area (Å²) in [5.74, 6) is -5.73. The molecule has 3 aromatic rings. The van der Waals surface area contributed by atoms with Crippen LogP contribution in [0.2, 0.25) is 0 Å². The van der Waals surface area contributed by atoms with Crippen LogP contribution in [0.1, 0.15) is 36.8 Å². The van der Waals surface area contributed by atoms with Crippen LogP contribution in [0.25, 0.3) is 0 Å². The summed E-state index contributed by atoms with van der Waals surface area (Å²) in [6.45, 7) is 0.352. The van der Waals surface area contributed by atoms with Crippen LogP contribution in [0.15, 0.2) is 53.7 Å². The Morgan fingerprint density at radius 2 is 1.88 bits per heavy atom. The Labute approximate surface area is 239 Å². The molecular formula is C29H29F2N5O6. The second-order valence-corrected chi connectivity index (χ2v) is 10.0. The number of pyridine rings is 1. The van der Waals surface area contributed by atoms with Crippen LogP contribution in [0.5, 0.6) is 28.9 Å². The van der Waals surface area contributed by atoms with Crippen LogP contribution in [-0.4, -0.2) is 63.7 Å². The third-order valence-electron chi connectivity index (χ3n) is 7.13. The highest BCUT2D eigenvalue weighted by Gasteiger charge is 2.36. The number of nitrogen functional groups attached to an aromatic ring is 1. The standard InChI is InChI=1S/C29H29F2N5O6/c1-36-14-23(40-21-9-5-3-7-17(21)29(38)39)35-27(36)16-6-2-4-8-20(16)41-25-18(30)13-34-28(24(25)31)42-22-12-15(26(32)33)10-11-19(22)37/h2,4,6,8,10-13,17,21,23,37H,3,5,7,9,14H2,1H3,(H3,32,33)(H,38,39). The van der Waals surface area contributed by atoms with Gasteiger partial charge >= 0.3 is 5.97 Å². The van der Waals surface area contributed by atoms with Crippen LogP contribution in [0, 0.1) is 23.0 Å². The molecule has 3 unspecified atom stereocenters. The summed E-state index contributed by atoms with van der Waals surface area (Å²) in [5, 5.41) is 27.3. The number of nitrogens with zero attached hydrogens (tertiary/aromatic N) is 3. The monoisotopic (exact) mass is 581 g/mol. The zero-order chi connectivity index (χ0) is 30.0. The average Bonchev–Trinajstić information content (AvgIpc) is 3.33. The van der Waals surface area contributed by atoms with Crippen molar-refractivity contribution in [3.05, 3.63) is 71.4 Å². The quantitative estimate of drug-likeness (QED) is 0.209. The number of aliphatic imine (C=N–C) groups is 1. The first kappa shape index (κ1) is 28.7. The van der Waals surface area contributed by atoms with Crippen molar-refractivity contribution in [2.24, 2.45) is 16.6 Å². The fraction of sp³-hybridized carbons (Fsp3) is 0.310. The van der Waals surface area contributed by atoms with E-state index in [1.807, 2.05) is 0 Å². The van der Waals surface area contributed by atoms with E-state index >= 15 is 4.39 Å². The van der Waals surface area contributed by atoms with E-state index < -0.39 is 47.5 Å². The van der Waals surface area contributed by atoms with Crippen LogP contribution in [0.4, 0.5) is 8.78 Å². The summed E-state index contributed by atoms with van der Waals surface area (Å²) >= 11 is 0. The first-order chi connectivity index (χ1) is 20.1. The number of nitrogens with one attached hydrogen (secondary N) is 1. The molecule has 0 saturated heterocycles. The molecule has 0 bridgehead atoms. The molecule has 5 rings (SSSR count). The molecule has 5 N–H and O–H groups in total. The maximum atomic E-state index is 15.5. The number of aromatic hydroxyl groups is 1. The second kappa shape index (κ2) is 12.0. The minimum atomic E-state index is -1.27. The van der Waals surface area contributed by atoms with Crippen molar-refractivity contribution in [2.75, 3.05) is 13.6 Å². The van der Waals surface area contributed by atoms with E-state index in [1.54, 1.807) is 30.1 Å². The van der Waals surface area contributed by atoms with Gasteiger partial charge in [-0.15, -0.1) is 0 Å². The van der Waals surface area contributed by atoms with Crippen molar-refractivity contribution in [3.63, 3.8) is 0 Å². The predicted molar refractivity (Wildman–Crippen MR) is 147 cm³/mol. The molecule has 220 valence electrons. The number of carbonyl (C=O) groups is 1. The van der Waals surface area contributed by atoms with Crippen LogP contribution >= 0.6 is 0 Å². The third-order valence-corrected chi connectivity index (χ3v) is 7.13. The number of likely N-dealkylation sites (N-methyl/N-ethyl adjacent to an activating group) is 1.